The van der Waals surface area contributed by atoms with Gasteiger partial charge in [-0.2, -0.15) is 8.78 Å². The topological polar surface area (TPSA) is 116 Å². The maximum absolute atomic E-state index is 13.6. The second kappa shape index (κ2) is 11.3. The predicted molar refractivity (Wildman–Crippen MR) is 142 cm³/mol. The Balaban J connectivity index is 0.00000253. The first-order valence-electron chi connectivity index (χ1n) is 12.4. The summed E-state index contributed by atoms with van der Waals surface area (Å²) >= 11 is 0. The zero-order valence-electron chi connectivity index (χ0n) is 21.4. The fourth-order valence-corrected chi connectivity index (χ4v) is 3.80. The highest BCUT2D eigenvalue weighted by Crippen LogP contribution is 2.34. The summed E-state index contributed by atoms with van der Waals surface area (Å²) in [6, 6.07) is 12.5. The van der Waals surface area contributed by atoms with E-state index < -0.39 is 30.6 Å². The summed E-state index contributed by atoms with van der Waals surface area (Å²) in [7, 11) is 1.43. The summed E-state index contributed by atoms with van der Waals surface area (Å²) in [5.41, 5.74) is 0.703. The van der Waals surface area contributed by atoms with Gasteiger partial charge in [-0.25, -0.2) is 18.3 Å². The van der Waals surface area contributed by atoms with Gasteiger partial charge in [0.1, 0.15) is 12.2 Å². The van der Waals surface area contributed by atoms with Crippen molar-refractivity contribution in [2.75, 3.05) is 17.7 Å². The maximum atomic E-state index is 13.6. The first-order valence-corrected chi connectivity index (χ1v) is 12.4. The molecule has 14 heteroatoms. The van der Waals surface area contributed by atoms with Crippen LogP contribution in [0.15, 0.2) is 60.8 Å². The Morgan fingerprint density at radius 1 is 1.10 bits per heavy atom. The van der Waals surface area contributed by atoms with E-state index in [1.54, 1.807) is 18.3 Å². The van der Waals surface area contributed by atoms with Crippen molar-refractivity contribution in [3.05, 3.63) is 66.4 Å². The number of nitrogens with zero attached hydrogens (tertiary/aromatic N) is 3. The lowest BCUT2D eigenvalue weighted by molar-refractivity contribution is -0.199. The second-order valence-electron chi connectivity index (χ2n) is 9.15. The number of benzene rings is 2. The smallest absolute Gasteiger partial charge is 0.403 e. The number of hydrogen-bond donors (Lipinski definition) is 2. The number of rotatable bonds is 11. The first-order chi connectivity index (χ1) is 19.6. The van der Waals surface area contributed by atoms with Crippen LogP contribution in [0.4, 0.5) is 29.1 Å². The minimum Gasteiger partial charge on any atom is -0.493 e. The van der Waals surface area contributed by atoms with Gasteiger partial charge in [0.2, 0.25) is 18.2 Å². The van der Waals surface area contributed by atoms with Crippen LogP contribution in [0.5, 0.6) is 23.1 Å². The summed E-state index contributed by atoms with van der Waals surface area (Å²) in [5, 5.41) is 9.71. The molecule has 0 saturated heterocycles. The van der Waals surface area contributed by atoms with Gasteiger partial charge in [0.05, 0.1) is 13.3 Å². The fourth-order valence-electron chi connectivity index (χ4n) is 3.80. The lowest BCUT2D eigenvalue weighted by atomic mass is 10.2. The van der Waals surface area contributed by atoms with Gasteiger partial charge in [-0.3, -0.25) is 9.59 Å². The number of ether oxygens (including phenoxy) is 3. The fraction of sp³-hybridized carbons (Fsp3) is 0.259. The van der Waals surface area contributed by atoms with Crippen LogP contribution >= 0.6 is 0 Å². The molecule has 41 heavy (non-hydrogen) atoms. The molecule has 2 heterocycles. The lowest BCUT2D eigenvalue weighted by Gasteiger charge is -2.18. The van der Waals surface area contributed by atoms with Crippen molar-refractivity contribution in [1.29, 1.82) is 0 Å². The average Bonchev–Trinajstić information content (AvgIpc) is 3.68. The zero-order valence-corrected chi connectivity index (χ0v) is 21.4. The van der Waals surface area contributed by atoms with E-state index in [1.165, 1.54) is 42.0 Å². The molecule has 0 unspecified atom stereocenters. The predicted octanol–water partition coefficient (Wildman–Crippen LogP) is 6.25. The molecule has 4 aromatic rings. The molecule has 0 radical (unpaired) electrons. The molecular weight excluding hydrogens is 550 g/mol. The summed E-state index contributed by atoms with van der Waals surface area (Å²) in [4.78, 5) is 29.1. The molecule has 1 aliphatic rings. The average molecular weight is 578 g/mol. The van der Waals surface area contributed by atoms with E-state index in [0.29, 0.717) is 17.2 Å². The van der Waals surface area contributed by atoms with E-state index in [-0.39, 0.29) is 37.6 Å². The molecule has 1 fully saturated rings. The van der Waals surface area contributed by atoms with Gasteiger partial charge >= 0.3 is 6.11 Å². The quantitative estimate of drug-likeness (QED) is 0.203. The van der Waals surface area contributed by atoms with Gasteiger partial charge in [-0.05, 0) is 49.2 Å². The summed E-state index contributed by atoms with van der Waals surface area (Å²) in [6.07, 6.45) is -5.88. The Bertz CT molecular complexity index is 1600. The maximum Gasteiger partial charge on any atom is 0.403 e. The number of hydrogen-bond acceptors (Lipinski definition) is 7. The molecule has 2 aromatic carbocycles. The van der Waals surface area contributed by atoms with E-state index in [4.69, 9.17) is 9.47 Å². The van der Waals surface area contributed by atoms with E-state index in [1.807, 2.05) is 0 Å². The van der Waals surface area contributed by atoms with E-state index >= 15 is 0 Å². The monoisotopic (exact) mass is 577 g/mol. The van der Waals surface area contributed by atoms with Crippen LogP contribution in [0.1, 0.15) is 32.5 Å². The van der Waals surface area contributed by atoms with Crippen LogP contribution in [0, 0.1) is 5.92 Å². The van der Waals surface area contributed by atoms with Gasteiger partial charge < -0.3 is 24.8 Å². The van der Waals surface area contributed by atoms with Crippen LogP contribution in [-0.4, -0.2) is 46.1 Å². The number of fused-ring (bicyclic) bond motifs is 1. The minimum atomic E-state index is -4.11. The molecule has 1 saturated carbocycles. The SMILES string of the molecule is COc1ccc(NC(=O)c2cccc(OC(F)(F)CC(F)F)c2)cc1Oc1ccc2nc(NC(=O)C3CC3)cn2n1.[HH].[HH]. The molecule has 0 atom stereocenters. The van der Waals surface area contributed by atoms with Crippen LogP contribution in [0.25, 0.3) is 5.65 Å². The molecular formula is C27H27F4N5O5. The summed E-state index contributed by atoms with van der Waals surface area (Å²) in [5.74, 6) is -0.148. The molecule has 2 aromatic heterocycles. The normalized spacial score (nSPS) is 13.2. The molecule has 0 bridgehead atoms. The Morgan fingerprint density at radius 3 is 2.63 bits per heavy atom. The number of carbonyl (C=O) groups is 2. The third-order valence-corrected chi connectivity index (χ3v) is 5.89. The van der Waals surface area contributed by atoms with Crippen LogP contribution in [0.3, 0.4) is 0 Å². The molecule has 1 aliphatic carbocycles. The second-order valence-corrected chi connectivity index (χ2v) is 9.15. The Hall–Kier alpha value is -4.88. The third-order valence-electron chi connectivity index (χ3n) is 5.89. The highest BCUT2D eigenvalue weighted by molar-refractivity contribution is 6.04. The molecule has 10 nitrogen and oxygen atoms in total. The van der Waals surface area contributed by atoms with Crippen molar-refractivity contribution in [2.24, 2.45) is 5.92 Å². The van der Waals surface area contributed by atoms with Gasteiger partial charge in [-0.1, -0.05) is 6.07 Å². The molecule has 2 amide bonds. The van der Waals surface area contributed by atoms with E-state index in [0.717, 1.165) is 25.0 Å². The number of alkyl halides is 4. The number of nitrogens with one attached hydrogen (secondary N) is 2. The zero-order chi connectivity index (χ0) is 29.1. The molecule has 2 N–H and O–H groups in total. The Morgan fingerprint density at radius 2 is 1.90 bits per heavy atom. The first kappa shape index (κ1) is 27.7. The molecule has 5 rings (SSSR count). The third kappa shape index (κ3) is 7.01. The van der Waals surface area contributed by atoms with Crippen molar-refractivity contribution in [3.63, 3.8) is 0 Å². The minimum absolute atomic E-state index is 0. The summed E-state index contributed by atoms with van der Waals surface area (Å²) in [6.45, 7) is 0. The molecule has 0 spiro atoms. The van der Waals surface area contributed by atoms with Crippen molar-refractivity contribution >= 4 is 29.0 Å². The van der Waals surface area contributed by atoms with Crippen LogP contribution < -0.4 is 24.8 Å². The van der Waals surface area contributed by atoms with Crippen molar-refractivity contribution in [2.45, 2.75) is 31.8 Å². The molecule has 218 valence electrons. The lowest BCUT2D eigenvalue weighted by Crippen LogP contribution is -2.27. The summed E-state index contributed by atoms with van der Waals surface area (Å²) < 4.78 is 69.1. The number of halogens is 4. The highest BCUT2D eigenvalue weighted by Gasteiger charge is 2.36. The van der Waals surface area contributed by atoms with Gasteiger partial charge in [0.25, 0.3) is 5.91 Å². The van der Waals surface area contributed by atoms with Crippen molar-refractivity contribution in [1.82, 2.24) is 14.6 Å². The highest BCUT2D eigenvalue weighted by atomic mass is 19.3. The number of imidazole rings is 1. The van der Waals surface area contributed by atoms with Crippen LogP contribution in [0.2, 0.25) is 0 Å². The van der Waals surface area contributed by atoms with Crippen LogP contribution in [-0.2, 0) is 4.79 Å². The molecule has 0 aliphatic heterocycles. The van der Waals surface area contributed by atoms with Gasteiger partial charge in [-0.15, -0.1) is 5.10 Å². The Labute approximate surface area is 233 Å². The van der Waals surface area contributed by atoms with E-state index in [9.17, 15) is 27.2 Å². The van der Waals surface area contributed by atoms with Gasteiger partial charge in [0, 0.05) is 32.2 Å². The number of amides is 2. The van der Waals surface area contributed by atoms with Gasteiger partial charge in [0.15, 0.2) is 23.0 Å². The Kier molecular flexibility index (Phi) is 7.64. The largest absolute Gasteiger partial charge is 0.493 e. The van der Waals surface area contributed by atoms with Crippen molar-refractivity contribution < 1.29 is 44.2 Å². The number of methoxy groups -OCH3 is 1. The number of aromatic nitrogens is 3. The standard InChI is InChI=1S/C27H23F4N5O5.2H2/c1-39-19-8-7-17(32-26(38)16-3-2-4-18(11-16)41-27(30,31)13-21(28)29)12-20(19)40-24-10-9-23-33-22(14-36(23)35-24)34-25(37)15-5-6-15;;/h2-4,7-12,14-15,21H,5-6,13H2,1H3,(H,32,38)(H,34,37);2*1H. The van der Waals surface area contributed by atoms with E-state index in [2.05, 4.69) is 25.5 Å². The number of anilines is 2. The van der Waals surface area contributed by atoms with Crippen molar-refractivity contribution in [3.8, 4) is 23.1 Å². The number of carbonyl (C=O) groups excluding carboxylic acids is 2.